The summed E-state index contributed by atoms with van der Waals surface area (Å²) in [6.07, 6.45) is 3.33. The molecule has 0 saturated carbocycles. The minimum atomic E-state index is -0.336. The third-order valence-electron chi connectivity index (χ3n) is 5.78. The molecule has 0 radical (unpaired) electrons. The molecule has 1 aromatic carbocycles. The van der Waals surface area contributed by atoms with Crippen molar-refractivity contribution >= 4 is 63.5 Å². The molecule has 2 fully saturated rings. The maximum atomic E-state index is 13.6. The van der Waals surface area contributed by atoms with E-state index in [0.29, 0.717) is 26.3 Å². The van der Waals surface area contributed by atoms with Crippen LogP contribution in [-0.4, -0.2) is 49.1 Å². The van der Waals surface area contributed by atoms with Gasteiger partial charge in [-0.15, -0.1) is 0 Å². The van der Waals surface area contributed by atoms with Gasteiger partial charge in [0.2, 0.25) is 0 Å². The van der Waals surface area contributed by atoms with Crippen LogP contribution in [0, 0.1) is 12.7 Å². The monoisotopic (exact) mass is 512 g/mol. The van der Waals surface area contributed by atoms with Gasteiger partial charge in [0.05, 0.1) is 17.0 Å². The molecule has 4 heterocycles. The van der Waals surface area contributed by atoms with Crippen LogP contribution in [0.5, 0.6) is 0 Å². The standard InChI is InChI=1S/C24H21FN4O2S3/c1-15-3-2-8-28-20(15)26-21(27-9-11-33-12-10-27)18(22(28)30)13-19-23(31)29(24(32)34-19)14-16-4-6-17(25)7-5-16/h2-8,13H,9-12,14H2,1H3. The highest BCUT2D eigenvalue weighted by Gasteiger charge is 2.33. The summed E-state index contributed by atoms with van der Waals surface area (Å²) in [6.45, 7) is 3.74. The number of nitrogens with zero attached hydrogens (tertiary/aromatic N) is 4. The molecule has 0 bridgehead atoms. The molecule has 2 aliphatic heterocycles. The van der Waals surface area contributed by atoms with E-state index in [9.17, 15) is 14.0 Å². The zero-order valence-electron chi connectivity index (χ0n) is 18.4. The summed E-state index contributed by atoms with van der Waals surface area (Å²) >= 11 is 8.50. The molecule has 0 aliphatic carbocycles. The van der Waals surface area contributed by atoms with Crippen molar-refractivity contribution in [3.05, 3.63) is 80.4 Å². The van der Waals surface area contributed by atoms with Crippen LogP contribution in [0.1, 0.15) is 16.7 Å². The lowest BCUT2D eigenvalue weighted by Crippen LogP contribution is -2.36. The first-order valence-corrected chi connectivity index (χ1v) is 13.1. The Hall–Kier alpha value is -2.69. The molecule has 2 aromatic heterocycles. The highest BCUT2D eigenvalue weighted by atomic mass is 32.2. The zero-order valence-corrected chi connectivity index (χ0v) is 20.8. The highest BCUT2D eigenvalue weighted by molar-refractivity contribution is 8.26. The van der Waals surface area contributed by atoms with E-state index in [1.54, 1.807) is 24.4 Å². The van der Waals surface area contributed by atoms with Crippen LogP contribution >= 0.6 is 35.7 Å². The summed E-state index contributed by atoms with van der Waals surface area (Å²) in [6, 6.07) is 9.72. The molecule has 3 aromatic rings. The molecule has 174 valence electrons. The number of carbonyl (C=O) groups is 1. The maximum absolute atomic E-state index is 13.6. The molecule has 0 unspecified atom stereocenters. The number of pyridine rings is 1. The van der Waals surface area contributed by atoms with Crippen molar-refractivity contribution in [2.75, 3.05) is 29.5 Å². The summed E-state index contributed by atoms with van der Waals surface area (Å²) in [5.41, 5.74) is 2.46. The smallest absolute Gasteiger partial charge is 0.267 e. The second-order valence-electron chi connectivity index (χ2n) is 8.03. The third kappa shape index (κ3) is 4.37. The average Bonchev–Trinajstić information content (AvgIpc) is 3.10. The molecular formula is C24H21FN4O2S3. The first kappa shape index (κ1) is 23.1. The van der Waals surface area contributed by atoms with Crippen LogP contribution in [-0.2, 0) is 11.3 Å². The van der Waals surface area contributed by atoms with E-state index < -0.39 is 0 Å². The lowest BCUT2D eigenvalue weighted by molar-refractivity contribution is -0.122. The molecule has 2 aliphatic rings. The normalized spacial score (nSPS) is 17.9. The maximum Gasteiger partial charge on any atom is 0.267 e. The van der Waals surface area contributed by atoms with Crippen LogP contribution in [0.15, 0.2) is 52.3 Å². The van der Waals surface area contributed by atoms with Crippen LogP contribution in [0.25, 0.3) is 11.7 Å². The zero-order chi connectivity index (χ0) is 23.8. The Kier molecular flexibility index (Phi) is 6.46. The van der Waals surface area contributed by atoms with E-state index in [2.05, 4.69) is 4.90 Å². The Bertz CT molecular complexity index is 1380. The number of aromatic nitrogens is 2. The summed E-state index contributed by atoms with van der Waals surface area (Å²) in [5.74, 6) is 1.90. The van der Waals surface area contributed by atoms with Crippen LogP contribution in [0.4, 0.5) is 10.2 Å². The van der Waals surface area contributed by atoms with Crippen molar-refractivity contribution in [3.8, 4) is 0 Å². The predicted molar refractivity (Wildman–Crippen MR) is 141 cm³/mol. The van der Waals surface area contributed by atoms with Gasteiger partial charge in [-0.3, -0.25) is 18.9 Å². The SMILES string of the molecule is Cc1cccn2c(=O)c(C=C3SC(=S)N(Cc4ccc(F)cc4)C3=O)c(N3CCSCC3)nc12. The number of fused-ring (bicyclic) bond motifs is 1. The number of carbonyl (C=O) groups excluding carboxylic acids is 1. The van der Waals surface area contributed by atoms with Gasteiger partial charge >= 0.3 is 0 Å². The summed E-state index contributed by atoms with van der Waals surface area (Å²) in [7, 11) is 0. The first-order valence-electron chi connectivity index (χ1n) is 10.8. The number of hydrogen-bond acceptors (Lipinski definition) is 7. The van der Waals surface area contributed by atoms with Gasteiger partial charge in [-0.25, -0.2) is 9.37 Å². The van der Waals surface area contributed by atoms with E-state index in [1.807, 2.05) is 30.8 Å². The topological polar surface area (TPSA) is 57.9 Å². The molecule has 0 N–H and O–H groups in total. The van der Waals surface area contributed by atoms with E-state index in [1.165, 1.54) is 33.2 Å². The lowest BCUT2D eigenvalue weighted by Gasteiger charge is -2.29. The number of rotatable bonds is 4. The van der Waals surface area contributed by atoms with Crippen molar-refractivity contribution < 1.29 is 9.18 Å². The van der Waals surface area contributed by atoms with Gasteiger partial charge in [-0.2, -0.15) is 11.8 Å². The molecule has 1 amide bonds. The number of halogens is 1. The van der Waals surface area contributed by atoms with Gasteiger partial charge in [0.15, 0.2) is 0 Å². The van der Waals surface area contributed by atoms with Gasteiger partial charge in [-0.05, 0) is 42.3 Å². The Morgan fingerprint density at radius 2 is 1.88 bits per heavy atom. The summed E-state index contributed by atoms with van der Waals surface area (Å²) in [4.78, 5) is 35.7. The fourth-order valence-electron chi connectivity index (χ4n) is 3.98. The number of amides is 1. The van der Waals surface area contributed by atoms with Crippen molar-refractivity contribution in [1.29, 1.82) is 0 Å². The Labute approximate surface area is 209 Å². The fourth-order valence-corrected chi connectivity index (χ4v) is 6.12. The summed E-state index contributed by atoms with van der Waals surface area (Å²) < 4.78 is 15.2. The van der Waals surface area contributed by atoms with E-state index in [0.717, 1.165) is 35.7 Å². The number of benzene rings is 1. The van der Waals surface area contributed by atoms with Gasteiger partial charge < -0.3 is 4.90 Å². The van der Waals surface area contributed by atoms with Gasteiger partial charge in [0, 0.05) is 30.8 Å². The van der Waals surface area contributed by atoms with Crippen LogP contribution in [0.2, 0.25) is 0 Å². The molecule has 34 heavy (non-hydrogen) atoms. The minimum Gasteiger partial charge on any atom is -0.354 e. The average molecular weight is 513 g/mol. The van der Waals surface area contributed by atoms with Gasteiger partial charge in [0.25, 0.3) is 11.5 Å². The van der Waals surface area contributed by atoms with Gasteiger partial charge in [0.1, 0.15) is 21.6 Å². The molecule has 5 rings (SSSR count). The lowest BCUT2D eigenvalue weighted by atomic mass is 10.2. The molecule has 0 atom stereocenters. The second kappa shape index (κ2) is 9.52. The quantitative estimate of drug-likeness (QED) is 0.385. The van der Waals surface area contributed by atoms with Crippen molar-refractivity contribution in [3.63, 3.8) is 0 Å². The highest BCUT2D eigenvalue weighted by Crippen LogP contribution is 2.35. The predicted octanol–water partition coefficient (Wildman–Crippen LogP) is 4.10. The van der Waals surface area contributed by atoms with Gasteiger partial charge in [-0.1, -0.05) is 42.2 Å². The van der Waals surface area contributed by atoms with Crippen molar-refractivity contribution in [1.82, 2.24) is 14.3 Å². The third-order valence-corrected chi connectivity index (χ3v) is 8.10. The van der Waals surface area contributed by atoms with Crippen LogP contribution in [0.3, 0.4) is 0 Å². The first-order chi connectivity index (χ1) is 16.4. The number of anilines is 1. The second-order valence-corrected chi connectivity index (χ2v) is 10.9. The number of aryl methyl sites for hydroxylation is 1. The Morgan fingerprint density at radius 3 is 2.62 bits per heavy atom. The molecule has 6 nitrogen and oxygen atoms in total. The minimum absolute atomic E-state index is 0.217. The van der Waals surface area contributed by atoms with Crippen molar-refractivity contribution in [2.45, 2.75) is 13.5 Å². The Balaban J connectivity index is 1.57. The van der Waals surface area contributed by atoms with E-state index in [4.69, 9.17) is 17.2 Å². The fraction of sp³-hybridized carbons (Fsp3) is 0.250. The van der Waals surface area contributed by atoms with E-state index >= 15 is 0 Å². The molecule has 2 saturated heterocycles. The summed E-state index contributed by atoms with van der Waals surface area (Å²) in [5, 5.41) is 0. The number of thioether (sulfide) groups is 2. The number of thiocarbonyl (C=S) groups is 1. The molecule has 0 spiro atoms. The Morgan fingerprint density at radius 1 is 1.15 bits per heavy atom. The largest absolute Gasteiger partial charge is 0.354 e. The number of hydrogen-bond donors (Lipinski definition) is 0. The molecular weight excluding hydrogens is 491 g/mol. The molecule has 10 heteroatoms. The van der Waals surface area contributed by atoms with Crippen LogP contribution < -0.4 is 10.5 Å². The van der Waals surface area contributed by atoms with E-state index in [-0.39, 0.29) is 23.8 Å². The van der Waals surface area contributed by atoms with Crippen molar-refractivity contribution in [2.24, 2.45) is 0 Å².